The first-order valence-electron chi connectivity index (χ1n) is 10.6. The molecule has 3 rings (SSSR count). The summed E-state index contributed by atoms with van der Waals surface area (Å²) in [6, 6.07) is 3.51. The number of likely N-dealkylation sites (tertiary alicyclic amines) is 2. The van der Waals surface area contributed by atoms with Gasteiger partial charge in [0.25, 0.3) is 0 Å². The van der Waals surface area contributed by atoms with Gasteiger partial charge < -0.3 is 14.7 Å². The van der Waals surface area contributed by atoms with Crippen molar-refractivity contribution in [2.75, 3.05) is 52.4 Å². The standard InChI is InChI=1S/C21H34N6/c1-18-7-4-9-24(18)11-6-12-26-15-16-27(21(26)20(17-22)23-3)14-13-25-10-5-8-19(25)2/h18-19H,4-16H2,1-2H3. The Hall–Kier alpha value is -1.76. The number of nitrogens with zero attached hydrogens (tertiary/aromatic N) is 6. The van der Waals surface area contributed by atoms with Crippen LogP contribution in [-0.4, -0.2) is 84.0 Å². The summed E-state index contributed by atoms with van der Waals surface area (Å²) in [5.74, 6) is 0.883. The zero-order valence-corrected chi connectivity index (χ0v) is 17.0. The van der Waals surface area contributed by atoms with Crippen molar-refractivity contribution in [3.8, 4) is 6.07 Å². The smallest absolute Gasteiger partial charge is 0.300 e. The number of hydrogen-bond donors (Lipinski definition) is 0. The minimum absolute atomic E-state index is 0.261. The van der Waals surface area contributed by atoms with Crippen LogP contribution in [0.25, 0.3) is 4.85 Å². The molecule has 0 aliphatic carbocycles. The Morgan fingerprint density at radius 2 is 1.56 bits per heavy atom. The first-order chi connectivity index (χ1) is 13.1. The fraction of sp³-hybridized carbons (Fsp3) is 0.810. The number of nitriles is 1. The molecule has 27 heavy (non-hydrogen) atoms. The van der Waals surface area contributed by atoms with Crippen LogP contribution in [-0.2, 0) is 0 Å². The molecule has 0 aromatic heterocycles. The fourth-order valence-electron chi connectivity index (χ4n) is 4.88. The summed E-state index contributed by atoms with van der Waals surface area (Å²) in [6.07, 6.45) is 6.30. The van der Waals surface area contributed by atoms with E-state index < -0.39 is 0 Å². The normalized spacial score (nSPS) is 28.6. The van der Waals surface area contributed by atoms with E-state index >= 15 is 0 Å². The monoisotopic (exact) mass is 370 g/mol. The van der Waals surface area contributed by atoms with Crippen molar-refractivity contribution in [3.05, 3.63) is 22.9 Å². The molecule has 0 amide bonds. The zero-order valence-electron chi connectivity index (χ0n) is 17.0. The summed E-state index contributed by atoms with van der Waals surface area (Å²) in [6.45, 7) is 20.3. The van der Waals surface area contributed by atoms with Crippen molar-refractivity contribution in [2.45, 2.75) is 58.0 Å². The Balaban J connectivity index is 1.58. The Bertz CT molecular complexity index is 599. The molecule has 3 aliphatic rings. The fourth-order valence-corrected chi connectivity index (χ4v) is 4.88. The Kier molecular flexibility index (Phi) is 6.99. The number of hydrogen-bond acceptors (Lipinski definition) is 5. The Labute approximate surface area is 164 Å². The number of rotatable bonds is 7. The van der Waals surface area contributed by atoms with Crippen molar-refractivity contribution >= 4 is 0 Å². The predicted octanol–water partition coefficient (Wildman–Crippen LogP) is 2.57. The van der Waals surface area contributed by atoms with Crippen LogP contribution in [0.1, 0.15) is 46.0 Å². The lowest BCUT2D eigenvalue weighted by Crippen LogP contribution is -2.36. The van der Waals surface area contributed by atoms with Gasteiger partial charge in [0.2, 0.25) is 0 Å². The summed E-state index contributed by atoms with van der Waals surface area (Å²) in [4.78, 5) is 13.2. The third kappa shape index (κ3) is 4.75. The molecule has 6 heteroatoms. The van der Waals surface area contributed by atoms with Crippen LogP contribution >= 0.6 is 0 Å². The van der Waals surface area contributed by atoms with Gasteiger partial charge in [-0.05, 0) is 59.0 Å². The highest BCUT2D eigenvalue weighted by Crippen LogP contribution is 2.25. The van der Waals surface area contributed by atoms with Gasteiger partial charge in [0.05, 0.1) is 12.6 Å². The highest BCUT2D eigenvalue weighted by atomic mass is 15.4. The largest absolute Gasteiger partial charge is 0.365 e. The van der Waals surface area contributed by atoms with E-state index in [0.717, 1.165) is 51.5 Å². The maximum Gasteiger partial charge on any atom is 0.300 e. The van der Waals surface area contributed by atoms with Gasteiger partial charge in [0, 0.05) is 51.4 Å². The molecule has 3 saturated heterocycles. The van der Waals surface area contributed by atoms with E-state index in [1.54, 1.807) is 0 Å². The Morgan fingerprint density at radius 1 is 0.963 bits per heavy atom. The van der Waals surface area contributed by atoms with E-state index in [0.29, 0.717) is 12.1 Å². The molecule has 3 aliphatic heterocycles. The van der Waals surface area contributed by atoms with Crippen LogP contribution in [0.3, 0.4) is 0 Å². The minimum Gasteiger partial charge on any atom is -0.365 e. The maximum atomic E-state index is 9.48. The highest BCUT2D eigenvalue weighted by molar-refractivity contribution is 5.33. The molecule has 0 radical (unpaired) electrons. The van der Waals surface area contributed by atoms with Crippen LogP contribution in [0.2, 0.25) is 0 Å². The third-order valence-corrected chi connectivity index (χ3v) is 6.58. The second kappa shape index (κ2) is 9.44. The summed E-state index contributed by atoms with van der Waals surface area (Å²) in [5, 5.41) is 9.48. The molecular weight excluding hydrogens is 336 g/mol. The average molecular weight is 371 g/mol. The average Bonchev–Trinajstić information content (AvgIpc) is 3.37. The van der Waals surface area contributed by atoms with Crippen LogP contribution < -0.4 is 0 Å². The van der Waals surface area contributed by atoms with Gasteiger partial charge in [-0.1, -0.05) is 0 Å². The molecule has 0 N–H and O–H groups in total. The van der Waals surface area contributed by atoms with E-state index in [2.05, 4.69) is 44.4 Å². The second-order valence-electron chi connectivity index (χ2n) is 8.28. The van der Waals surface area contributed by atoms with Crippen molar-refractivity contribution in [1.29, 1.82) is 5.26 Å². The van der Waals surface area contributed by atoms with Crippen molar-refractivity contribution in [2.24, 2.45) is 0 Å². The molecule has 3 heterocycles. The molecule has 148 valence electrons. The molecule has 0 aromatic rings. The first-order valence-corrected chi connectivity index (χ1v) is 10.6. The van der Waals surface area contributed by atoms with Crippen molar-refractivity contribution < 1.29 is 0 Å². The molecule has 2 unspecified atom stereocenters. The molecule has 0 aromatic carbocycles. The lowest BCUT2D eigenvalue weighted by molar-refractivity contribution is 0.224. The molecule has 0 spiro atoms. The Morgan fingerprint density at radius 3 is 2.07 bits per heavy atom. The summed E-state index contributed by atoms with van der Waals surface area (Å²) in [5.41, 5.74) is 0.261. The predicted molar refractivity (Wildman–Crippen MR) is 108 cm³/mol. The molecular formula is C21H34N6. The van der Waals surface area contributed by atoms with E-state index in [1.807, 2.05) is 0 Å². The van der Waals surface area contributed by atoms with Gasteiger partial charge >= 0.3 is 5.70 Å². The second-order valence-corrected chi connectivity index (χ2v) is 8.28. The lowest BCUT2D eigenvalue weighted by atomic mass is 10.2. The zero-order chi connectivity index (χ0) is 19.2. The van der Waals surface area contributed by atoms with Crippen molar-refractivity contribution in [1.82, 2.24) is 19.6 Å². The lowest BCUT2D eigenvalue weighted by Gasteiger charge is -2.29. The molecule has 3 fully saturated rings. The van der Waals surface area contributed by atoms with E-state index in [4.69, 9.17) is 6.57 Å². The SMILES string of the molecule is [C-]#[N+]C(C#N)=C1N(CCCN2CCCC2C)CCN1CCN1CCCC1C. The highest BCUT2D eigenvalue weighted by Gasteiger charge is 2.30. The summed E-state index contributed by atoms with van der Waals surface area (Å²) < 4.78 is 0. The quantitative estimate of drug-likeness (QED) is 0.509. The molecule has 6 nitrogen and oxygen atoms in total. The molecule has 0 saturated carbocycles. The van der Waals surface area contributed by atoms with Gasteiger partial charge in [-0.25, -0.2) is 10.1 Å². The van der Waals surface area contributed by atoms with Gasteiger partial charge in [-0.15, -0.1) is 0 Å². The third-order valence-electron chi connectivity index (χ3n) is 6.58. The molecule has 0 bridgehead atoms. The van der Waals surface area contributed by atoms with Crippen LogP contribution in [0.4, 0.5) is 0 Å². The van der Waals surface area contributed by atoms with Crippen LogP contribution in [0.5, 0.6) is 0 Å². The maximum absolute atomic E-state index is 9.48. The van der Waals surface area contributed by atoms with Gasteiger partial charge in [0.15, 0.2) is 0 Å². The van der Waals surface area contributed by atoms with E-state index in [1.165, 1.54) is 38.8 Å². The topological polar surface area (TPSA) is 41.1 Å². The minimum atomic E-state index is 0.261. The summed E-state index contributed by atoms with van der Waals surface area (Å²) in [7, 11) is 0. The van der Waals surface area contributed by atoms with E-state index in [-0.39, 0.29) is 5.70 Å². The first kappa shape index (κ1) is 20.0. The van der Waals surface area contributed by atoms with Gasteiger partial charge in [-0.3, -0.25) is 4.90 Å². The number of allylic oxidation sites excluding steroid dienone is 1. The van der Waals surface area contributed by atoms with Crippen molar-refractivity contribution in [3.63, 3.8) is 0 Å². The summed E-state index contributed by atoms with van der Waals surface area (Å²) >= 11 is 0. The van der Waals surface area contributed by atoms with Crippen LogP contribution in [0, 0.1) is 17.9 Å². The van der Waals surface area contributed by atoms with E-state index in [9.17, 15) is 5.26 Å². The molecule has 2 atom stereocenters. The van der Waals surface area contributed by atoms with Gasteiger partial charge in [0.1, 0.15) is 5.82 Å². The van der Waals surface area contributed by atoms with Gasteiger partial charge in [-0.2, -0.15) is 0 Å². The van der Waals surface area contributed by atoms with Crippen LogP contribution in [0.15, 0.2) is 11.5 Å².